The fourth-order valence-electron chi connectivity index (χ4n) is 0.591. The Kier molecular flexibility index (Phi) is 2.11. The number of rotatable bonds is 2. The Labute approximate surface area is 58.8 Å². The molecule has 1 rings (SSSR count). The molecule has 1 aliphatic heterocycles. The average Bonchev–Trinajstić information content (AvgIpc) is 2.34. The molecule has 0 aromatic heterocycles. The molecule has 10 heavy (non-hydrogen) atoms. The normalized spacial score (nSPS) is 15.1. The smallest absolute Gasteiger partial charge is 0.217 e. The Hall–Kier alpha value is -1.23. The third-order valence-corrected chi connectivity index (χ3v) is 1.07. The predicted octanol–water partition coefficient (Wildman–Crippen LogP) is -1.42. The molecule has 0 atom stereocenters. The van der Waals surface area contributed by atoms with E-state index in [1.165, 1.54) is 6.92 Å². The summed E-state index contributed by atoms with van der Waals surface area (Å²) >= 11 is 0. The summed E-state index contributed by atoms with van der Waals surface area (Å²) in [5.74, 6) is -0.0328. The van der Waals surface area contributed by atoms with Crippen LogP contribution in [0.3, 0.4) is 0 Å². The number of carbonyl (C=O) groups excluding carboxylic acids is 1. The molecule has 0 saturated heterocycles. The largest absolute Gasteiger partial charge is 0.351 e. The maximum atomic E-state index is 10.4. The van der Waals surface area contributed by atoms with Crippen LogP contribution in [-0.2, 0) is 4.79 Å². The minimum atomic E-state index is -0.0328. The first-order valence-corrected chi connectivity index (χ1v) is 2.99. The number of carbonyl (C=O) groups is 1. The monoisotopic (exact) mass is 142 g/mol. The molecule has 0 bridgehead atoms. The molecule has 0 spiro atoms. The van der Waals surface area contributed by atoms with Gasteiger partial charge in [-0.2, -0.15) is 5.53 Å². The molecule has 0 saturated carbocycles. The summed E-state index contributed by atoms with van der Waals surface area (Å²) in [4.78, 5) is 10.4. The van der Waals surface area contributed by atoms with Gasteiger partial charge in [0.1, 0.15) is 0 Å². The minimum Gasteiger partial charge on any atom is -0.351 e. The second-order valence-electron chi connectivity index (χ2n) is 1.97. The van der Waals surface area contributed by atoms with Gasteiger partial charge in [0.15, 0.2) is 0 Å². The van der Waals surface area contributed by atoms with Crippen molar-refractivity contribution in [3.8, 4) is 0 Å². The quantitative estimate of drug-likeness (QED) is 0.382. The molecule has 1 amide bonds. The van der Waals surface area contributed by atoms with E-state index in [-0.39, 0.29) is 5.91 Å². The van der Waals surface area contributed by atoms with Crippen LogP contribution in [0.5, 0.6) is 0 Å². The maximum Gasteiger partial charge on any atom is 0.217 e. The summed E-state index contributed by atoms with van der Waals surface area (Å²) in [5.41, 5.74) is 9.08. The molecule has 56 valence electrons. The number of amides is 1. The summed E-state index contributed by atoms with van der Waals surface area (Å²) in [6, 6.07) is 0. The Morgan fingerprint density at radius 3 is 3.10 bits per heavy atom. The molecule has 0 aromatic carbocycles. The number of nitrogens with one attached hydrogen (secondary N) is 4. The lowest BCUT2D eigenvalue weighted by Crippen LogP contribution is -2.34. The highest BCUT2D eigenvalue weighted by atomic mass is 16.1. The highest BCUT2D eigenvalue weighted by Crippen LogP contribution is 1.84. The van der Waals surface area contributed by atoms with Gasteiger partial charge in [-0.05, 0) is 0 Å². The van der Waals surface area contributed by atoms with Gasteiger partial charge in [0, 0.05) is 13.1 Å². The SMILES string of the molecule is CC(=O)NCC1=CNNN1. The molecule has 0 aliphatic carbocycles. The zero-order valence-corrected chi connectivity index (χ0v) is 5.69. The van der Waals surface area contributed by atoms with Gasteiger partial charge in [0.2, 0.25) is 5.91 Å². The average molecular weight is 142 g/mol. The first-order chi connectivity index (χ1) is 4.79. The number of hydrogen-bond acceptors (Lipinski definition) is 4. The zero-order valence-electron chi connectivity index (χ0n) is 5.69. The third-order valence-electron chi connectivity index (χ3n) is 1.07. The molecule has 0 fully saturated rings. The van der Waals surface area contributed by atoms with E-state index in [2.05, 4.69) is 21.7 Å². The Morgan fingerprint density at radius 2 is 2.60 bits per heavy atom. The van der Waals surface area contributed by atoms with Crippen LogP contribution in [0.15, 0.2) is 11.9 Å². The van der Waals surface area contributed by atoms with Gasteiger partial charge >= 0.3 is 0 Å². The molecule has 5 nitrogen and oxygen atoms in total. The van der Waals surface area contributed by atoms with Gasteiger partial charge in [0.25, 0.3) is 0 Å². The Balaban J connectivity index is 2.19. The molecule has 4 N–H and O–H groups in total. The molecule has 0 unspecified atom stereocenters. The van der Waals surface area contributed by atoms with E-state index >= 15 is 0 Å². The van der Waals surface area contributed by atoms with Gasteiger partial charge in [-0.3, -0.25) is 4.79 Å². The first kappa shape index (κ1) is 6.88. The van der Waals surface area contributed by atoms with Crippen molar-refractivity contribution in [2.24, 2.45) is 0 Å². The van der Waals surface area contributed by atoms with Crippen LogP contribution in [0, 0.1) is 0 Å². The fourth-order valence-corrected chi connectivity index (χ4v) is 0.591. The lowest BCUT2D eigenvalue weighted by Gasteiger charge is -2.01. The standard InChI is InChI=1S/C5H10N4O/c1-4(10)6-2-5-3-7-9-8-5/h3,7-9H,2H2,1H3,(H,6,10). The van der Waals surface area contributed by atoms with Crippen molar-refractivity contribution >= 4 is 5.91 Å². The van der Waals surface area contributed by atoms with Crippen molar-refractivity contribution in [3.63, 3.8) is 0 Å². The van der Waals surface area contributed by atoms with Crippen molar-refractivity contribution in [2.45, 2.75) is 6.92 Å². The summed E-state index contributed by atoms with van der Waals surface area (Å²) in [7, 11) is 0. The van der Waals surface area contributed by atoms with Crippen molar-refractivity contribution in [3.05, 3.63) is 11.9 Å². The molecule has 0 aromatic rings. The van der Waals surface area contributed by atoms with Crippen LogP contribution in [0.25, 0.3) is 0 Å². The fraction of sp³-hybridized carbons (Fsp3) is 0.400. The van der Waals surface area contributed by atoms with Crippen LogP contribution in [-0.4, -0.2) is 12.5 Å². The minimum absolute atomic E-state index is 0.0328. The van der Waals surface area contributed by atoms with Crippen molar-refractivity contribution in [2.75, 3.05) is 6.54 Å². The Morgan fingerprint density at radius 1 is 1.80 bits per heavy atom. The second kappa shape index (κ2) is 3.07. The molecule has 1 heterocycles. The molecular weight excluding hydrogens is 132 g/mol. The zero-order chi connectivity index (χ0) is 7.40. The van der Waals surface area contributed by atoms with Crippen molar-refractivity contribution < 1.29 is 4.79 Å². The third kappa shape index (κ3) is 1.94. The van der Waals surface area contributed by atoms with E-state index in [1.807, 2.05) is 0 Å². The molecule has 5 heteroatoms. The highest BCUT2D eigenvalue weighted by molar-refractivity contribution is 5.73. The van der Waals surface area contributed by atoms with E-state index in [0.717, 1.165) is 5.70 Å². The van der Waals surface area contributed by atoms with Gasteiger partial charge in [-0.1, -0.05) is 0 Å². The number of hydrazine groups is 2. The second-order valence-corrected chi connectivity index (χ2v) is 1.97. The topological polar surface area (TPSA) is 65.2 Å². The van der Waals surface area contributed by atoms with Crippen LogP contribution in [0.2, 0.25) is 0 Å². The molecule has 1 aliphatic rings. The van der Waals surface area contributed by atoms with E-state index in [4.69, 9.17) is 0 Å². The van der Waals surface area contributed by atoms with Crippen LogP contribution in [0.1, 0.15) is 6.92 Å². The summed E-state index contributed by atoms with van der Waals surface area (Å²) in [6.45, 7) is 2.01. The molecular formula is C5H10N4O. The highest BCUT2D eigenvalue weighted by Gasteiger charge is 2.00. The summed E-state index contributed by atoms with van der Waals surface area (Å²) < 4.78 is 0. The van der Waals surface area contributed by atoms with E-state index in [1.54, 1.807) is 6.20 Å². The maximum absolute atomic E-state index is 10.4. The van der Waals surface area contributed by atoms with Gasteiger partial charge < -0.3 is 16.2 Å². The van der Waals surface area contributed by atoms with Crippen molar-refractivity contribution in [1.82, 2.24) is 21.7 Å². The van der Waals surface area contributed by atoms with E-state index < -0.39 is 0 Å². The first-order valence-electron chi connectivity index (χ1n) is 2.99. The molecule has 0 radical (unpaired) electrons. The predicted molar refractivity (Wildman–Crippen MR) is 36.2 cm³/mol. The van der Waals surface area contributed by atoms with Crippen molar-refractivity contribution in [1.29, 1.82) is 0 Å². The van der Waals surface area contributed by atoms with Gasteiger partial charge in [-0.15, -0.1) is 0 Å². The Bertz CT molecular complexity index is 165. The lowest BCUT2D eigenvalue weighted by molar-refractivity contribution is -0.118. The van der Waals surface area contributed by atoms with Crippen LogP contribution >= 0.6 is 0 Å². The summed E-state index contributed by atoms with van der Waals surface area (Å²) in [5, 5.41) is 2.64. The van der Waals surface area contributed by atoms with E-state index in [0.29, 0.717) is 6.54 Å². The van der Waals surface area contributed by atoms with Crippen LogP contribution < -0.4 is 21.7 Å². The van der Waals surface area contributed by atoms with E-state index in [9.17, 15) is 4.79 Å². The van der Waals surface area contributed by atoms with Gasteiger partial charge in [-0.25, -0.2) is 0 Å². The lowest BCUT2D eigenvalue weighted by atomic mass is 10.5. The number of hydrogen-bond donors (Lipinski definition) is 4. The van der Waals surface area contributed by atoms with Crippen LogP contribution in [0.4, 0.5) is 0 Å². The van der Waals surface area contributed by atoms with Gasteiger partial charge in [0.05, 0.1) is 12.2 Å². The summed E-state index contributed by atoms with van der Waals surface area (Å²) in [6.07, 6.45) is 1.75.